The summed E-state index contributed by atoms with van der Waals surface area (Å²) in [6.45, 7) is 2.18. The molecule has 3 aromatic rings. The molecule has 0 radical (unpaired) electrons. The van der Waals surface area contributed by atoms with Crippen molar-refractivity contribution in [3.8, 4) is 0 Å². The predicted octanol–water partition coefficient (Wildman–Crippen LogP) is 4.47. The minimum atomic E-state index is 0.333. The molecular formula is C15H14N2S. The van der Waals surface area contributed by atoms with Crippen LogP contribution in [0.15, 0.2) is 54.0 Å². The molecule has 1 N–H and O–H groups in total. The van der Waals surface area contributed by atoms with Gasteiger partial charge in [0, 0.05) is 22.1 Å². The number of thiophene rings is 1. The second-order valence-electron chi connectivity index (χ2n) is 4.29. The molecule has 0 amide bonds. The first-order valence-corrected chi connectivity index (χ1v) is 6.85. The summed E-state index contributed by atoms with van der Waals surface area (Å²) < 4.78 is 0. The molecule has 0 bridgehead atoms. The Bertz CT molecular complexity index is 646. The zero-order valence-corrected chi connectivity index (χ0v) is 10.9. The fourth-order valence-corrected chi connectivity index (χ4v) is 2.76. The topological polar surface area (TPSA) is 24.9 Å². The van der Waals surface area contributed by atoms with Crippen molar-refractivity contribution in [1.29, 1.82) is 0 Å². The highest BCUT2D eigenvalue weighted by Crippen LogP contribution is 2.24. The molecule has 2 aromatic heterocycles. The Morgan fingerprint density at radius 2 is 2.11 bits per heavy atom. The van der Waals surface area contributed by atoms with Crippen LogP contribution in [0.1, 0.15) is 17.8 Å². The van der Waals surface area contributed by atoms with E-state index in [2.05, 4.69) is 59.0 Å². The standard InChI is InChI=1S/C15H14N2S/c1-11(15-5-3-9-18-15)17-13-6-7-14-12(10-13)4-2-8-16-14/h2-11,17H,1H3. The van der Waals surface area contributed by atoms with Crippen molar-refractivity contribution in [3.05, 3.63) is 58.9 Å². The zero-order chi connectivity index (χ0) is 12.4. The molecule has 3 heteroatoms. The van der Waals surface area contributed by atoms with Gasteiger partial charge >= 0.3 is 0 Å². The number of hydrogen-bond donors (Lipinski definition) is 1. The lowest BCUT2D eigenvalue weighted by Gasteiger charge is -2.14. The van der Waals surface area contributed by atoms with E-state index in [4.69, 9.17) is 0 Å². The average Bonchev–Trinajstić information content (AvgIpc) is 2.92. The third-order valence-corrected chi connectivity index (χ3v) is 4.01. The van der Waals surface area contributed by atoms with Crippen LogP contribution in [0.5, 0.6) is 0 Å². The molecule has 2 nitrogen and oxygen atoms in total. The van der Waals surface area contributed by atoms with Gasteiger partial charge in [-0.25, -0.2) is 0 Å². The Hall–Kier alpha value is -1.87. The first-order valence-electron chi connectivity index (χ1n) is 5.98. The number of pyridine rings is 1. The van der Waals surface area contributed by atoms with E-state index in [9.17, 15) is 0 Å². The van der Waals surface area contributed by atoms with Gasteiger partial charge in [0.2, 0.25) is 0 Å². The van der Waals surface area contributed by atoms with E-state index in [1.807, 2.05) is 12.3 Å². The van der Waals surface area contributed by atoms with Crippen LogP contribution in [0.3, 0.4) is 0 Å². The molecule has 1 atom stereocenters. The smallest absolute Gasteiger partial charge is 0.0703 e. The highest BCUT2D eigenvalue weighted by Gasteiger charge is 2.06. The number of nitrogens with zero attached hydrogens (tertiary/aromatic N) is 1. The van der Waals surface area contributed by atoms with Crippen molar-refractivity contribution in [2.24, 2.45) is 0 Å². The molecule has 1 aromatic carbocycles. The molecule has 0 aliphatic rings. The molecule has 2 heterocycles. The first kappa shape index (κ1) is 11.2. The van der Waals surface area contributed by atoms with E-state index in [1.54, 1.807) is 11.3 Å². The van der Waals surface area contributed by atoms with E-state index in [0.717, 1.165) is 11.2 Å². The Morgan fingerprint density at radius 1 is 1.17 bits per heavy atom. The van der Waals surface area contributed by atoms with Crippen molar-refractivity contribution in [1.82, 2.24) is 4.98 Å². The van der Waals surface area contributed by atoms with Gasteiger partial charge in [-0.15, -0.1) is 11.3 Å². The molecule has 0 saturated heterocycles. The average molecular weight is 254 g/mol. The van der Waals surface area contributed by atoms with Crippen LogP contribution in [0.2, 0.25) is 0 Å². The summed E-state index contributed by atoms with van der Waals surface area (Å²) >= 11 is 1.78. The SMILES string of the molecule is CC(Nc1ccc2ncccc2c1)c1cccs1. The number of rotatable bonds is 3. The summed E-state index contributed by atoms with van der Waals surface area (Å²) in [5.74, 6) is 0. The Balaban J connectivity index is 1.86. The van der Waals surface area contributed by atoms with Gasteiger partial charge in [0.15, 0.2) is 0 Å². The lowest BCUT2D eigenvalue weighted by Crippen LogP contribution is -2.04. The Labute approximate surface area is 110 Å². The minimum Gasteiger partial charge on any atom is -0.378 e. The van der Waals surface area contributed by atoms with Crippen LogP contribution < -0.4 is 5.32 Å². The van der Waals surface area contributed by atoms with Gasteiger partial charge in [0.25, 0.3) is 0 Å². The van der Waals surface area contributed by atoms with E-state index in [1.165, 1.54) is 10.3 Å². The van der Waals surface area contributed by atoms with Crippen LogP contribution in [0, 0.1) is 0 Å². The third kappa shape index (κ3) is 2.22. The monoisotopic (exact) mass is 254 g/mol. The molecule has 90 valence electrons. The second kappa shape index (κ2) is 4.78. The van der Waals surface area contributed by atoms with Crippen LogP contribution in [-0.4, -0.2) is 4.98 Å². The highest BCUT2D eigenvalue weighted by atomic mass is 32.1. The highest BCUT2D eigenvalue weighted by molar-refractivity contribution is 7.10. The maximum atomic E-state index is 4.33. The lowest BCUT2D eigenvalue weighted by atomic mass is 10.2. The molecule has 0 fully saturated rings. The molecule has 0 saturated carbocycles. The van der Waals surface area contributed by atoms with Gasteiger partial charge < -0.3 is 5.32 Å². The summed E-state index contributed by atoms with van der Waals surface area (Å²) in [7, 11) is 0. The van der Waals surface area contributed by atoms with Crippen LogP contribution in [-0.2, 0) is 0 Å². The van der Waals surface area contributed by atoms with Crippen molar-refractivity contribution in [2.45, 2.75) is 13.0 Å². The van der Waals surface area contributed by atoms with Gasteiger partial charge in [0.05, 0.1) is 11.6 Å². The van der Waals surface area contributed by atoms with Gasteiger partial charge in [-0.3, -0.25) is 4.98 Å². The number of anilines is 1. The molecule has 3 rings (SSSR count). The van der Waals surface area contributed by atoms with Gasteiger partial charge in [-0.2, -0.15) is 0 Å². The minimum absolute atomic E-state index is 0.333. The van der Waals surface area contributed by atoms with Gasteiger partial charge in [0.1, 0.15) is 0 Å². The number of fused-ring (bicyclic) bond motifs is 1. The lowest BCUT2D eigenvalue weighted by molar-refractivity contribution is 0.909. The van der Waals surface area contributed by atoms with Crippen LogP contribution in [0.4, 0.5) is 5.69 Å². The van der Waals surface area contributed by atoms with E-state index >= 15 is 0 Å². The largest absolute Gasteiger partial charge is 0.378 e. The van der Waals surface area contributed by atoms with Crippen molar-refractivity contribution >= 4 is 27.9 Å². The normalized spacial score (nSPS) is 12.5. The predicted molar refractivity (Wildman–Crippen MR) is 78.1 cm³/mol. The summed E-state index contributed by atoms with van der Waals surface area (Å²) in [6, 6.07) is 14.9. The number of aromatic nitrogens is 1. The molecule has 18 heavy (non-hydrogen) atoms. The third-order valence-electron chi connectivity index (χ3n) is 2.96. The molecule has 0 aliphatic carbocycles. The molecule has 0 aliphatic heterocycles. The van der Waals surface area contributed by atoms with E-state index in [-0.39, 0.29) is 0 Å². The van der Waals surface area contributed by atoms with Gasteiger partial charge in [-0.05, 0) is 42.6 Å². The molecule has 0 spiro atoms. The van der Waals surface area contributed by atoms with E-state index in [0.29, 0.717) is 6.04 Å². The molecular weight excluding hydrogens is 240 g/mol. The summed E-state index contributed by atoms with van der Waals surface area (Å²) in [6.07, 6.45) is 1.82. The summed E-state index contributed by atoms with van der Waals surface area (Å²) in [5.41, 5.74) is 2.17. The fourth-order valence-electron chi connectivity index (χ4n) is 2.02. The Morgan fingerprint density at radius 3 is 2.94 bits per heavy atom. The van der Waals surface area contributed by atoms with Crippen molar-refractivity contribution in [2.75, 3.05) is 5.32 Å². The van der Waals surface area contributed by atoms with Crippen molar-refractivity contribution < 1.29 is 0 Å². The Kier molecular flexibility index (Phi) is 2.99. The first-order chi connectivity index (χ1) is 8.83. The summed E-state index contributed by atoms with van der Waals surface area (Å²) in [5, 5.41) is 6.80. The maximum Gasteiger partial charge on any atom is 0.0703 e. The quantitative estimate of drug-likeness (QED) is 0.746. The maximum absolute atomic E-state index is 4.33. The number of benzene rings is 1. The van der Waals surface area contributed by atoms with E-state index < -0.39 is 0 Å². The molecule has 1 unspecified atom stereocenters. The van der Waals surface area contributed by atoms with Crippen molar-refractivity contribution in [3.63, 3.8) is 0 Å². The number of nitrogens with one attached hydrogen (secondary N) is 1. The second-order valence-corrected chi connectivity index (χ2v) is 5.27. The fraction of sp³-hybridized carbons (Fsp3) is 0.133. The van der Waals surface area contributed by atoms with Crippen LogP contribution >= 0.6 is 11.3 Å². The summed E-state index contributed by atoms with van der Waals surface area (Å²) in [4.78, 5) is 5.67. The number of hydrogen-bond acceptors (Lipinski definition) is 3. The zero-order valence-electron chi connectivity index (χ0n) is 10.1. The van der Waals surface area contributed by atoms with Crippen LogP contribution in [0.25, 0.3) is 10.9 Å². The van der Waals surface area contributed by atoms with Gasteiger partial charge in [-0.1, -0.05) is 12.1 Å².